The van der Waals surface area contributed by atoms with Gasteiger partial charge in [0.05, 0.1) is 12.1 Å². The van der Waals surface area contributed by atoms with Crippen LogP contribution in [0.1, 0.15) is 36.7 Å². The van der Waals surface area contributed by atoms with Gasteiger partial charge in [-0.1, -0.05) is 25.4 Å². The monoisotopic (exact) mass is 415 g/mol. The highest BCUT2D eigenvalue weighted by atomic mass is 35.5. The van der Waals surface area contributed by atoms with Crippen LogP contribution in [0.5, 0.6) is 0 Å². The topological polar surface area (TPSA) is 117 Å². The lowest BCUT2D eigenvalue weighted by Crippen LogP contribution is -2.24. The lowest BCUT2D eigenvalue weighted by atomic mass is 10.1. The van der Waals surface area contributed by atoms with Gasteiger partial charge in [-0.3, -0.25) is 4.98 Å². The first-order valence-electron chi connectivity index (χ1n) is 9.14. The maximum Gasteiger partial charge on any atom is 0.353 e. The van der Waals surface area contributed by atoms with Gasteiger partial charge in [-0.05, 0) is 38.5 Å². The molecule has 0 atom stereocenters. The average molecular weight is 416 g/mol. The largest absolute Gasteiger partial charge is 0.448 e. The Balaban J connectivity index is 0.00000117. The van der Waals surface area contributed by atoms with Gasteiger partial charge < -0.3 is 10.2 Å². The summed E-state index contributed by atoms with van der Waals surface area (Å²) in [5, 5.41) is 4.61. The van der Waals surface area contributed by atoms with E-state index in [1.54, 1.807) is 6.92 Å². The van der Waals surface area contributed by atoms with Gasteiger partial charge in [0.1, 0.15) is 16.6 Å². The van der Waals surface area contributed by atoms with Gasteiger partial charge in [-0.2, -0.15) is 0 Å². The Morgan fingerprint density at radius 3 is 2.38 bits per heavy atom. The van der Waals surface area contributed by atoms with E-state index in [1.807, 2.05) is 39.8 Å². The smallest absolute Gasteiger partial charge is 0.353 e. The van der Waals surface area contributed by atoms with E-state index in [0.717, 1.165) is 17.0 Å². The third kappa shape index (κ3) is 3.73. The highest BCUT2D eigenvalue weighted by Gasteiger charge is 2.21. The van der Waals surface area contributed by atoms with E-state index >= 15 is 0 Å². The van der Waals surface area contributed by atoms with Crippen molar-refractivity contribution in [3.05, 3.63) is 57.0 Å². The standard InChI is InChI=1S/C17H16ClN7O2.C2H6/c1-8-4-11(5-9(2)21-8)13-14(18)22-16(19)25-15(13)23-24(17(25)26)6-12-10(3)27-7-20-12;1-2/h4-5,7H,6H2,1-3H3,(H2,19,22);1-2H3. The van der Waals surface area contributed by atoms with Gasteiger partial charge in [0.2, 0.25) is 5.95 Å². The maximum atomic E-state index is 12.8. The normalized spacial score (nSPS) is 10.8. The first-order valence-corrected chi connectivity index (χ1v) is 9.52. The molecule has 0 aliphatic carbocycles. The molecule has 0 aliphatic heterocycles. The number of hydrogen-bond donors (Lipinski definition) is 1. The van der Waals surface area contributed by atoms with Crippen molar-refractivity contribution in [1.29, 1.82) is 0 Å². The summed E-state index contributed by atoms with van der Waals surface area (Å²) in [5.41, 5.74) is 9.36. The van der Waals surface area contributed by atoms with Crippen molar-refractivity contribution >= 4 is 23.2 Å². The number of aryl methyl sites for hydroxylation is 3. The molecule has 0 aliphatic rings. The second kappa shape index (κ2) is 8.04. The molecule has 4 rings (SSSR count). The molecule has 29 heavy (non-hydrogen) atoms. The molecule has 9 nitrogen and oxygen atoms in total. The zero-order chi connectivity index (χ0) is 21.3. The van der Waals surface area contributed by atoms with Crippen molar-refractivity contribution in [3.63, 3.8) is 0 Å². The third-order valence-corrected chi connectivity index (χ3v) is 4.50. The Bertz CT molecular complexity index is 1220. The second-order valence-corrected chi connectivity index (χ2v) is 6.59. The van der Waals surface area contributed by atoms with Crippen molar-refractivity contribution in [2.75, 3.05) is 5.73 Å². The van der Waals surface area contributed by atoms with Gasteiger partial charge in [0.15, 0.2) is 12.0 Å². The SMILES string of the molecule is CC.Cc1cc(-c2c(Cl)nc(N)n3c(=O)n(Cc4ncoc4C)nc23)cc(C)n1. The molecule has 0 bridgehead atoms. The van der Waals surface area contributed by atoms with E-state index < -0.39 is 5.69 Å². The number of hydrogen-bond acceptors (Lipinski definition) is 7. The van der Waals surface area contributed by atoms with Crippen molar-refractivity contribution in [3.8, 4) is 11.1 Å². The van der Waals surface area contributed by atoms with Crippen LogP contribution in [-0.2, 0) is 6.54 Å². The number of fused-ring (bicyclic) bond motifs is 1. The van der Waals surface area contributed by atoms with Gasteiger partial charge in [0, 0.05) is 11.4 Å². The Morgan fingerprint density at radius 1 is 1.14 bits per heavy atom. The number of aromatic nitrogens is 6. The van der Waals surface area contributed by atoms with Crippen LogP contribution in [0.15, 0.2) is 27.7 Å². The summed E-state index contributed by atoms with van der Waals surface area (Å²) in [6.45, 7) is 9.67. The number of oxazole rings is 1. The van der Waals surface area contributed by atoms with Gasteiger partial charge in [-0.15, -0.1) is 5.10 Å². The Labute approximate surface area is 172 Å². The lowest BCUT2D eigenvalue weighted by Gasteiger charge is -2.08. The lowest BCUT2D eigenvalue weighted by molar-refractivity contribution is 0.521. The van der Waals surface area contributed by atoms with E-state index in [2.05, 4.69) is 20.1 Å². The molecule has 4 heterocycles. The van der Waals surface area contributed by atoms with E-state index in [4.69, 9.17) is 21.8 Å². The second-order valence-electron chi connectivity index (χ2n) is 6.23. The molecule has 4 aromatic heterocycles. The first-order chi connectivity index (χ1) is 13.8. The predicted octanol–water partition coefficient (Wildman–Crippen LogP) is 3.18. The van der Waals surface area contributed by atoms with Gasteiger partial charge in [0.25, 0.3) is 0 Å². The van der Waals surface area contributed by atoms with Crippen molar-refractivity contribution in [2.24, 2.45) is 0 Å². The number of nitrogen functional groups attached to an aromatic ring is 1. The summed E-state index contributed by atoms with van der Waals surface area (Å²) in [5.74, 6) is 0.582. The molecule has 0 saturated heterocycles. The molecule has 0 fully saturated rings. The molecular formula is C19H22ClN7O2. The summed E-state index contributed by atoms with van der Waals surface area (Å²) < 4.78 is 7.69. The first kappa shape index (κ1) is 20.5. The number of rotatable bonds is 3. The maximum absolute atomic E-state index is 12.8. The molecule has 0 amide bonds. The number of nitrogens with zero attached hydrogens (tertiary/aromatic N) is 6. The van der Waals surface area contributed by atoms with Crippen LogP contribution in [0.25, 0.3) is 16.8 Å². The molecule has 0 spiro atoms. The van der Waals surface area contributed by atoms with E-state index in [0.29, 0.717) is 22.7 Å². The zero-order valence-corrected chi connectivity index (χ0v) is 17.7. The van der Waals surface area contributed by atoms with Crippen LogP contribution in [0, 0.1) is 20.8 Å². The van der Waals surface area contributed by atoms with E-state index in [-0.39, 0.29) is 17.6 Å². The summed E-state index contributed by atoms with van der Waals surface area (Å²) >= 11 is 6.37. The average Bonchev–Trinajstić information content (AvgIpc) is 3.20. The Kier molecular flexibility index (Phi) is 5.69. The molecule has 10 heteroatoms. The van der Waals surface area contributed by atoms with Crippen LogP contribution in [-0.4, -0.2) is 29.1 Å². The molecule has 0 saturated carbocycles. The zero-order valence-electron chi connectivity index (χ0n) is 16.9. The summed E-state index contributed by atoms with van der Waals surface area (Å²) in [7, 11) is 0. The van der Waals surface area contributed by atoms with Crippen LogP contribution in [0.4, 0.5) is 5.95 Å². The Morgan fingerprint density at radius 2 is 1.79 bits per heavy atom. The van der Waals surface area contributed by atoms with Crippen LogP contribution in [0.3, 0.4) is 0 Å². The molecule has 2 N–H and O–H groups in total. The van der Waals surface area contributed by atoms with Crippen LogP contribution >= 0.6 is 11.6 Å². The number of nitrogens with two attached hydrogens (primary N) is 1. The molecule has 0 unspecified atom stereocenters. The minimum absolute atomic E-state index is 0.0330. The molecule has 0 aromatic carbocycles. The Hall–Kier alpha value is -3.20. The summed E-state index contributed by atoms with van der Waals surface area (Å²) in [6.07, 6.45) is 1.33. The predicted molar refractivity (Wildman–Crippen MR) is 111 cm³/mol. The quantitative estimate of drug-likeness (QED) is 0.510. The number of halogens is 1. The fraction of sp³-hybridized carbons (Fsp3) is 0.316. The number of anilines is 1. The molecule has 152 valence electrons. The van der Waals surface area contributed by atoms with Crippen molar-refractivity contribution in [1.82, 2.24) is 29.1 Å². The fourth-order valence-electron chi connectivity index (χ4n) is 3.03. The van der Waals surface area contributed by atoms with Gasteiger partial charge in [-0.25, -0.2) is 23.8 Å². The van der Waals surface area contributed by atoms with E-state index in [1.165, 1.54) is 15.5 Å². The molecular weight excluding hydrogens is 394 g/mol. The van der Waals surface area contributed by atoms with Crippen molar-refractivity contribution in [2.45, 2.75) is 41.2 Å². The minimum atomic E-state index is -0.433. The summed E-state index contributed by atoms with van der Waals surface area (Å²) in [6, 6.07) is 3.72. The van der Waals surface area contributed by atoms with Crippen LogP contribution in [0.2, 0.25) is 5.15 Å². The summed E-state index contributed by atoms with van der Waals surface area (Å²) in [4.78, 5) is 25.4. The molecule has 0 radical (unpaired) electrons. The van der Waals surface area contributed by atoms with Crippen LogP contribution < -0.4 is 11.4 Å². The molecule has 4 aromatic rings. The third-order valence-electron chi connectivity index (χ3n) is 4.23. The highest BCUT2D eigenvalue weighted by molar-refractivity contribution is 6.33. The fourth-order valence-corrected chi connectivity index (χ4v) is 3.31. The van der Waals surface area contributed by atoms with Gasteiger partial charge >= 0.3 is 5.69 Å². The highest BCUT2D eigenvalue weighted by Crippen LogP contribution is 2.31. The number of pyridine rings is 1. The minimum Gasteiger partial charge on any atom is -0.448 e. The van der Waals surface area contributed by atoms with E-state index in [9.17, 15) is 4.79 Å². The van der Waals surface area contributed by atoms with Crippen molar-refractivity contribution < 1.29 is 4.42 Å².